The number of nitrogens with zero attached hydrogens (tertiary/aromatic N) is 3. The summed E-state index contributed by atoms with van der Waals surface area (Å²) in [5.74, 6) is 0.554. The molecule has 0 saturated carbocycles. The molecule has 0 aliphatic heterocycles. The highest BCUT2D eigenvalue weighted by atomic mass is 35.5. The van der Waals surface area contributed by atoms with E-state index in [1.54, 1.807) is 0 Å². The summed E-state index contributed by atoms with van der Waals surface area (Å²) in [7, 11) is 0. The maximum Gasteiger partial charge on any atom is 0.226 e. The Morgan fingerprint density at radius 1 is 1.15 bits per heavy atom. The van der Waals surface area contributed by atoms with Crippen molar-refractivity contribution in [2.45, 2.75) is 13.3 Å². The summed E-state index contributed by atoms with van der Waals surface area (Å²) in [6.07, 6.45) is 0.593. The van der Waals surface area contributed by atoms with Gasteiger partial charge in [-0.05, 0) is 30.1 Å². The van der Waals surface area contributed by atoms with Gasteiger partial charge in [-0.2, -0.15) is 4.98 Å². The fourth-order valence-corrected chi connectivity index (χ4v) is 1.18. The van der Waals surface area contributed by atoms with Gasteiger partial charge < -0.3 is 4.74 Å². The third kappa shape index (κ3) is 3.85. The lowest BCUT2D eigenvalue weighted by atomic mass is 10.4. The predicted octanol–water partition coefficient (Wildman–Crippen LogP) is 1.76. The van der Waals surface area contributed by atoms with Crippen LogP contribution in [0, 0.1) is 0 Å². The van der Waals surface area contributed by atoms with Crippen molar-refractivity contribution in [3.05, 3.63) is 16.4 Å². The minimum absolute atomic E-state index is 0.117. The van der Waals surface area contributed by atoms with Crippen molar-refractivity contribution >= 4 is 23.2 Å². The highest BCUT2D eigenvalue weighted by Crippen LogP contribution is 2.06. The molecule has 1 aromatic heterocycles. The average molecular weight is 222 g/mol. The number of halogens is 2. The smallest absolute Gasteiger partial charge is 0.226 e. The molecule has 0 unspecified atom stereocenters. The van der Waals surface area contributed by atoms with Gasteiger partial charge in [0.25, 0.3) is 0 Å². The van der Waals surface area contributed by atoms with Crippen LogP contribution in [-0.4, -0.2) is 28.2 Å². The third-order valence-corrected chi connectivity index (χ3v) is 1.64. The molecule has 0 fully saturated rings. The van der Waals surface area contributed by atoms with Crippen LogP contribution in [0.1, 0.15) is 12.7 Å². The van der Waals surface area contributed by atoms with E-state index in [0.29, 0.717) is 25.5 Å². The van der Waals surface area contributed by atoms with Crippen molar-refractivity contribution in [2.24, 2.45) is 0 Å². The summed E-state index contributed by atoms with van der Waals surface area (Å²) >= 11 is 11.2. The van der Waals surface area contributed by atoms with Gasteiger partial charge in [0.1, 0.15) is 5.82 Å². The van der Waals surface area contributed by atoms with E-state index in [0.717, 1.165) is 0 Å². The van der Waals surface area contributed by atoms with E-state index in [1.165, 1.54) is 0 Å². The Balaban J connectivity index is 2.56. The Bertz CT molecular complexity index is 262. The van der Waals surface area contributed by atoms with E-state index in [9.17, 15) is 0 Å². The lowest BCUT2D eigenvalue weighted by Crippen LogP contribution is -2.04. The first-order valence-corrected chi connectivity index (χ1v) is 4.61. The zero-order valence-electron chi connectivity index (χ0n) is 7.13. The van der Waals surface area contributed by atoms with E-state index < -0.39 is 0 Å². The van der Waals surface area contributed by atoms with Gasteiger partial charge in [-0.1, -0.05) is 0 Å². The van der Waals surface area contributed by atoms with Crippen LogP contribution >= 0.6 is 23.2 Å². The number of rotatable bonds is 4. The molecule has 4 nitrogen and oxygen atoms in total. The maximum atomic E-state index is 5.58. The van der Waals surface area contributed by atoms with E-state index in [-0.39, 0.29) is 10.6 Å². The van der Waals surface area contributed by atoms with Gasteiger partial charge in [-0.15, -0.1) is 0 Å². The molecule has 0 N–H and O–H groups in total. The Morgan fingerprint density at radius 2 is 1.77 bits per heavy atom. The number of aromatic nitrogens is 3. The lowest BCUT2D eigenvalue weighted by molar-refractivity contribution is 0.149. The van der Waals surface area contributed by atoms with Gasteiger partial charge in [-0.3, -0.25) is 0 Å². The first-order valence-electron chi connectivity index (χ1n) is 3.86. The van der Waals surface area contributed by atoms with Gasteiger partial charge in [0.2, 0.25) is 10.6 Å². The second kappa shape index (κ2) is 5.32. The normalized spacial score (nSPS) is 10.4. The van der Waals surface area contributed by atoms with Crippen molar-refractivity contribution in [2.75, 3.05) is 13.2 Å². The van der Waals surface area contributed by atoms with Crippen molar-refractivity contribution in [3.8, 4) is 0 Å². The second-order valence-electron chi connectivity index (χ2n) is 2.24. The van der Waals surface area contributed by atoms with Crippen LogP contribution in [-0.2, 0) is 11.2 Å². The molecule has 1 heterocycles. The van der Waals surface area contributed by atoms with Crippen molar-refractivity contribution in [1.82, 2.24) is 15.0 Å². The van der Waals surface area contributed by atoms with Crippen LogP contribution in [0.25, 0.3) is 0 Å². The molecule has 0 aliphatic rings. The first-order chi connectivity index (χ1) is 6.22. The van der Waals surface area contributed by atoms with Gasteiger partial charge in [0, 0.05) is 13.0 Å². The Labute approximate surface area is 86.3 Å². The zero-order valence-corrected chi connectivity index (χ0v) is 8.64. The molecular formula is C7H9Cl2N3O. The second-order valence-corrected chi connectivity index (χ2v) is 2.91. The summed E-state index contributed by atoms with van der Waals surface area (Å²) in [5, 5.41) is 0.234. The molecule has 0 spiro atoms. The molecule has 0 radical (unpaired) electrons. The minimum atomic E-state index is 0.117. The largest absolute Gasteiger partial charge is 0.381 e. The van der Waals surface area contributed by atoms with E-state index >= 15 is 0 Å². The van der Waals surface area contributed by atoms with Crippen LogP contribution < -0.4 is 0 Å². The molecule has 13 heavy (non-hydrogen) atoms. The van der Waals surface area contributed by atoms with Crippen LogP contribution in [0.3, 0.4) is 0 Å². The van der Waals surface area contributed by atoms with Crippen molar-refractivity contribution in [3.63, 3.8) is 0 Å². The lowest BCUT2D eigenvalue weighted by Gasteiger charge is -2.00. The van der Waals surface area contributed by atoms with E-state index in [2.05, 4.69) is 15.0 Å². The summed E-state index contributed by atoms with van der Waals surface area (Å²) < 4.78 is 5.13. The minimum Gasteiger partial charge on any atom is -0.381 e. The fourth-order valence-electron chi connectivity index (χ4n) is 0.784. The Morgan fingerprint density at radius 3 is 2.31 bits per heavy atom. The molecular weight excluding hydrogens is 213 g/mol. The third-order valence-electron chi connectivity index (χ3n) is 1.30. The molecule has 0 aromatic carbocycles. The van der Waals surface area contributed by atoms with Gasteiger partial charge in [0.15, 0.2) is 0 Å². The van der Waals surface area contributed by atoms with Crippen LogP contribution in [0.5, 0.6) is 0 Å². The van der Waals surface area contributed by atoms with Crippen LogP contribution in [0.4, 0.5) is 0 Å². The van der Waals surface area contributed by atoms with Gasteiger partial charge >= 0.3 is 0 Å². The first kappa shape index (κ1) is 10.6. The van der Waals surface area contributed by atoms with Crippen LogP contribution in [0.15, 0.2) is 0 Å². The standard InChI is InChI=1S/C7H9Cl2N3O/c1-2-13-4-3-5-10-6(8)12-7(9)11-5/h2-4H2,1H3. The molecule has 1 aromatic rings. The zero-order chi connectivity index (χ0) is 9.68. The number of ether oxygens (including phenoxy) is 1. The highest BCUT2D eigenvalue weighted by Gasteiger charge is 2.02. The molecule has 6 heteroatoms. The summed E-state index contributed by atoms with van der Waals surface area (Å²) in [4.78, 5) is 11.4. The molecule has 0 atom stereocenters. The number of hydrogen-bond donors (Lipinski definition) is 0. The molecule has 72 valence electrons. The van der Waals surface area contributed by atoms with E-state index in [4.69, 9.17) is 27.9 Å². The van der Waals surface area contributed by atoms with Crippen LogP contribution in [0.2, 0.25) is 10.6 Å². The topological polar surface area (TPSA) is 47.9 Å². The Hall–Kier alpha value is -0.450. The summed E-state index contributed by atoms with van der Waals surface area (Å²) in [6.45, 7) is 3.16. The average Bonchev–Trinajstić information content (AvgIpc) is 2.03. The fraction of sp³-hybridized carbons (Fsp3) is 0.571. The molecule has 0 bridgehead atoms. The monoisotopic (exact) mass is 221 g/mol. The van der Waals surface area contributed by atoms with Crippen molar-refractivity contribution < 1.29 is 4.74 Å². The number of hydrogen-bond acceptors (Lipinski definition) is 4. The Kier molecular flexibility index (Phi) is 4.35. The van der Waals surface area contributed by atoms with Crippen molar-refractivity contribution in [1.29, 1.82) is 0 Å². The molecule has 0 saturated heterocycles. The highest BCUT2D eigenvalue weighted by molar-refractivity contribution is 6.30. The van der Waals surface area contributed by atoms with Gasteiger partial charge in [0.05, 0.1) is 6.61 Å². The quantitative estimate of drug-likeness (QED) is 0.728. The molecule has 0 aliphatic carbocycles. The van der Waals surface area contributed by atoms with E-state index in [1.807, 2.05) is 6.92 Å². The SMILES string of the molecule is CCOCCc1nc(Cl)nc(Cl)n1. The summed E-state index contributed by atoms with van der Waals surface area (Å²) in [5.41, 5.74) is 0. The predicted molar refractivity (Wildman–Crippen MR) is 50.0 cm³/mol. The maximum absolute atomic E-state index is 5.58. The molecule has 0 amide bonds. The summed E-state index contributed by atoms with van der Waals surface area (Å²) in [6, 6.07) is 0. The molecule has 1 rings (SSSR count). The van der Waals surface area contributed by atoms with Gasteiger partial charge in [-0.25, -0.2) is 9.97 Å².